The van der Waals surface area contributed by atoms with Gasteiger partial charge in [-0.3, -0.25) is 0 Å². The van der Waals surface area contributed by atoms with Gasteiger partial charge in [0, 0.05) is 12.4 Å². The fraction of sp³-hybridized carbons (Fsp3) is 0.600. The topological polar surface area (TPSA) is 3.24 Å². The van der Waals surface area contributed by atoms with Crippen LogP contribution >= 0.6 is 11.6 Å². The van der Waals surface area contributed by atoms with Crippen molar-refractivity contribution in [2.45, 2.75) is 25.7 Å². The first-order valence-corrected chi connectivity index (χ1v) is 7.24. The number of aryl methyl sites for hydroxylation is 1. The third kappa shape index (κ3) is 4.33. The predicted molar refractivity (Wildman–Crippen MR) is 74.6 cm³/mol. The quantitative estimate of drug-likeness (QED) is 0.724. The molecule has 1 aromatic rings. The number of nitrogens with zero attached hydrogens (tertiary/aromatic N) is 1. The second kappa shape index (κ2) is 7.03. The molecule has 0 radical (unpaired) electrons. The van der Waals surface area contributed by atoms with Crippen molar-refractivity contribution < 1.29 is 0 Å². The Bertz CT molecular complexity index is 312. The van der Waals surface area contributed by atoms with E-state index >= 15 is 0 Å². The minimum absolute atomic E-state index is 0.724. The highest BCUT2D eigenvalue weighted by Gasteiger charge is 2.18. The summed E-state index contributed by atoms with van der Waals surface area (Å²) in [5.41, 5.74) is 1.46. The van der Waals surface area contributed by atoms with Crippen LogP contribution in [0.4, 0.5) is 0 Å². The lowest BCUT2D eigenvalue weighted by atomic mass is 9.99. The zero-order valence-electron chi connectivity index (χ0n) is 10.4. The smallest absolute Gasteiger partial charge is 0.0263 e. The number of rotatable bonds is 5. The lowest BCUT2D eigenvalue weighted by Crippen LogP contribution is -2.36. The van der Waals surface area contributed by atoms with Crippen molar-refractivity contribution in [1.82, 2.24) is 4.90 Å². The summed E-state index contributed by atoms with van der Waals surface area (Å²) < 4.78 is 0. The van der Waals surface area contributed by atoms with Gasteiger partial charge in [0.2, 0.25) is 0 Å². The summed E-state index contributed by atoms with van der Waals surface area (Å²) in [5.74, 6) is 1.55. The standard InChI is InChI=1S/C15H22ClN/c16-12-15-9-5-11-17(13-15)10-4-8-14-6-2-1-3-7-14/h1-3,6-7,15H,4-5,8-13H2. The van der Waals surface area contributed by atoms with Crippen molar-refractivity contribution in [3.8, 4) is 0 Å². The van der Waals surface area contributed by atoms with Crippen molar-refractivity contribution in [2.24, 2.45) is 5.92 Å². The predicted octanol–water partition coefficient (Wildman–Crippen LogP) is 3.57. The van der Waals surface area contributed by atoms with E-state index in [1.807, 2.05) is 0 Å². The average Bonchev–Trinajstić information content (AvgIpc) is 2.40. The molecule has 0 spiro atoms. The first-order chi connectivity index (χ1) is 8.38. The summed E-state index contributed by atoms with van der Waals surface area (Å²) >= 11 is 5.95. The van der Waals surface area contributed by atoms with Crippen molar-refractivity contribution >= 4 is 11.6 Å². The van der Waals surface area contributed by atoms with Crippen molar-refractivity contribution in [1.29, 1.82) is 0 Å². The Balaban J connectivity index is 1.68. The Morgan fingerprint density at radius 1 is 1.24 bits per heavy atom. The summed E-state index contributed by atoms with van der Waals surface area (Å²) in [5, 5.41) is 0. The first-order valence-electron chi connectivity index (χ1n) is 6.70. The molecule has 0 N–H and O–H groups in total. The molecule has 2 heteroatoms. The van der Waals surface area contributed by atoms with Crippen LogP contribution in [0, 0.1) is 5.92 Å². The molecule has 1 aliphatic heterocycles. The van der Waals surface area contributed by atoms with Gasteiger partial charge in [-0.25, -0.2) is 0 Å². The summed E-state index contributed by atoms with van der Waals surface area (Å²) in [4.78, 5) is 2.58. The van der Waals surface area contributed by atoms with E-state index in [0.29, 0.717) is 0 Å². The molecule has 1 aliphatic rings. The number of alkyl halides is 1. The molecule has 0 amide bonds. The largest absolute Gasteiger partial charge is 0.303 e. The fourth-order valence-electron chi connectivity index (χ4n) is 2.63. The van der Waals surface area contributed by atoms with Gasteiger partial charge in [0.25, 0.3) is 0 Å². The van der Waals surface area contributed by atoms with Crippen LogP contribution in [-0.2, 0) is 6.42 Å². The van der Waals surface area contributed by atoms with Crippen LogP contribution in [0.1, 0.15) is 24.8 Å². The van der Waals surface area contributed by atoms with Gasteiger partial charge in [-0.15, -0.1) is 11.6 Å². The molecule has 0 bridgehead atoms. The number of hydrogen-bond acceptors (Lipinski definition) is 1. The molecule has 1 aromatic carbocycles. The van der Waals surface area contributed by atoms with Gasteiger partial charge >= 0.3 is 0 Å². The van der Waals surface area contributed by atoms with Gasteiger partial charge in [0.05, 0.1) is 0 Å². The average molecular weight is 252 g/mol. The zero-order chi connectivity index (χ0) is 11.9. The van der Waals surface area contributed by atoms with E-state index in [1.54, 1.807) is 0 Å². The van der Waals surface area contributed by atoms with E-state index in [9.17, 15) is 0 Å². The highest BCUT2D eigenvalue weighted by atomic mass is 35.5. The van der Waals surface area contributed by atoms with E-state index in [-0.39, 0.29) is 0 Å². The minimum atomic E-state index is 0.724. The third-order valence-corrected chi connectivity index (χ3v) is 4.04. The monoisotopic (exact) mass is 251 g/mol. The van der Waals surface area contributed by atoms with Gasteiger partial charge in [-0.1, -0.05) is 30.3 Å². The molecular formula is C15H22ClN. The fourth-order valence-corrected chi connectivity index (χ4v) is 2.88. The van der Waals surface area contributed by atoms with Crippen LogP contribution in [0.2, 0.25) is 0 Å². The molecule has 1 fully saturated rings. The van der Waals surface area contributed by atoms with E-state index in [2.05, 4.69) is 35.2 Å². The Hall–Kier alpha value is -0.530. The molecule has 0 aromatic heterocycles. The summed E-state index contributed by atoms with van der Waals surface area (Å²) in [7, 11) is 0. The SMILES string of the molecule is ClCC1CCCN(CCCc2ccccc2)C1. The number of halogens is 1. The van der Waals surface area contributed by atoms with Crippen LogP contribution in [-0.4, -0.2) is 30.4 Å². The third-order valence-electron chi connectivity index (χ3n) is 3.60. The van der Waals surface area contributed by atoms with Gasteiger partial charge in [-0.05, 0) is 50.3 Å². The lowest BCUT2D eigenvalue weighted by Gasteiger charge is -2.31. The Kier molecular flexibility index (Phi) is 5.34. The summed E-state index contributed by atoms with van der Waals surface area (Å²) in [6.45, 7) is 3.70. The lowest BCUT2D eigenvalue weighted by molar-refractivity contribution is 0.184. The molecule has 1 nitrogen and oxygen atoms in total. The minimum Gasteiger partial charge on any atom is -0.303 e. The molecule has 1 heterocycles. The van der Waals surface area contributed by atoms with Crippen molar-refractivity contribution in [3.05, 3.63) is 35.9 Å². The Morgan fingerprint density at radius 3 is 2.82 bits per heavy atom. The van der Waals surface area contributed by atoms with E-state index in [1.165, 1.54) is 50.9 Å². The van der Waals surface area contributed by atoms with Crippen molar-refractivity contribution in [2.75, 3.05) is 25.5 Å². The molecule has 1 unspecified atom stereocenters. The van der Waals surface area contributed by atoms with Gasteiger partial charge in [-0.2, -0.15) is 0 Å². The maximum atomic E-state index is 5.95. The molecule has 0 saturated carbocycles. The summed E-state index contributed by atoms with van der Waals surface area (Å²) in [6, 6.07) is 10.8. The Morgan fingerprint density at radius 2 is 2.06 bits per heavy atom. The number of hydrogen-bond donors (Lipinski definition) is 0. The molecule has 2 rings (SSSR count). The maximum Gasteiger partial charge on any atom is 0.0263 e. The number of benzene rings is 1. The normalized spacial score (nSPS) is 21.6. The highest BCUT2D eigenvalue weighted by molar-refractivity contribution is 6.18. The molecule has 1 atom stereocenters. The Labute approximate surface area is 110 Å². The second-order valence-electron chi connectivity index (χ2n) is 5.05. The van der Waals surface area contributed by atoms with Gasteiger partial charge in [0.1, 0.15) is 0 Å². The molecule has 1 saturated heterocycles. The van der Waals surface area contributed by atoms with E-state index in [0.717, 1.165) is 11.8 Å². The second-order valence-corrected chi connectivity index (χ2v) is 5.36. The van der Waals surface area contributed by atoms with Gasteiger partial charge in [0.15, 0.2) is 0 Å². The molecule has 94 valence electrons. The molecular weight excluding hydrogens is 230 g/mol. The zero-order valence-corrected chi connectivity index (χ0v) is 11.2. The van der Waals surface area contributed by atoms with Crippen LogP contribution in [0.15, 0.2) is 30.3 Å². The maximum absolute atomic E-state index is 5.95. The van der Waals surface area contributed by atoms with Crippen LogP contribution in [0.5, 0.6) is 0 Å². The van der Waals surface area contributed by atoms with Gasteiger partial charge < -0.3 is 4.90 Å². The van der Waals surface area contributed by atoms with E-state index < -0.39 is 0 Å². The van der Waals surface area contributed by atoms with Crippen LogP contribution < -0.4 is 0 Å². The van der Waals surface area contributed by atoms with Crippen LogP contribution in [0.25, 0.3) is 0 Å². The number of likely N-dealkylation sites (tertiary alicyclic amines) is 1. The first kappa shape index (κ1) is 12.9. The van der Waals surface area contributed by atoms with Crippen molar-refractivity contribution in [3.63, 3.8) is 0 Å². The van der Waals surface area contributed by atoms with Crippen LogP contribution in [0.3, 0.4) is 0 Å². The molecule has 17 heavy (non-hydrogen) atoms. The summed E-state index contributed by atoms with van der Waals surface area (Å²) in [6.07, 6.45) is 5.10. The highest BCUT2D eigenvalue weighted by Crippen LogP contribution is 2.18. The number of piperidine rings is 1. The van der Waals surface area contributed by atoms with E-state index in [4.69, 9.17) is 11.6 Å². The molecule has 0 aliphatic carbocycles.